The molecule has 1 aliphatic heterocycles. The molecule has 0 spiro atoms. The molecule has 28 heavy (non-hydrogen) atoms. The first-order valence-corrected chi connectivity index (χ1v) is 9.54. The number of rotatable bonds is 5. The maximum absolute atomic E-state index is 9.11. The number of nitriles is 1. The van der Waals surface area contributed by atoms with Gasteiger partial charge in [-0.05, 0) is 61.6 Å². The van der Waals surface area contributed by atoms with Crippen LogP contribution in [0.4, 0.5) is 0 Å². The van der Waals surface area contributed by atoms with Crippen LogP contribution in [0.15, 0.2) is 46.9 Å². The number of benzene rings is 2. The SMILES string of the molecule is Cc1cc(C#N)cc2nc(-c3ccc(C=CCOC4CCCCO4)cc3)oc12. The molecule has 0 saturated carbocycles. The average molecular weight is 374 g/mol. The maximum Gasteiger partial charge on any atom is 0.227 e. The van der Waals surface area contributed by atoms with Gasteiger partial charge in [-0.2, -0.15) is 5.26 Å². The molecular formula is C23H22N2O3. The number of hydrogen-bond acceptors (Lipinski definition) is 5. The van der Waals surface area contributed by atoms with Gasteiger partial charge >= 0.3 is 0 Å². The normalized spacial score (nSPS) is 17.2. The fraction of sp³-hybridized carbons (Fsp3) is 0.304. The molecule has 1 aromatic heterocycles. The Morgan fingerprint density at radius 1 is 1.25 bits per heavy atom. The third-order valence-corrected chi connectivity index (χ3v) is 4.79. The first-order valence-electron chi connectivity index (χ1n) is 9.54. The van der Waals surface area contributed by atoms with Crippen molar-refractivity contribution >= 4 is 17.2 Å². The zero-order valence-corrected chi connectivity index (χ0v) is 15.9. The lowest BCUT2D eigenvalue weighted by Gasteiger charge is -2.21. The van der Waals surface area contributed by atoms with Gasteiger partial charge in [0.1, 0.15) is 5.52 Å². The van der Waals surface area contributed by atoms with Gasteiger partial charge < -0.3 is 13.9 Å². The predicted molar refractivity (Wildman–Crippen MR) is 107 cm³/mol. The topological polar surface area (TPSA) is 68.3 Å². The highest BCUT2D eigenvalue weighted by Gasteiger charge is 2.13. The summed E-state index contributed by atoms with van der Waals surface area (Å²) in [6, 6.07) is 13.7. The molecule has 1 fully saturated rings. The Morgan fingerprint density at radius 3 is 2.86 bits per heavy atom. The van der Waals surface area contributed by atoms with Crippen LogP contribution in [0.5, 0.6) is 0 Å². The third-order valence-electron chi connectivity index (χ3n) is 4.79. The Balaban J connectivity index is 1.43. The zero-order valence-electron chi connectivity index (χ0n) is 15.9. The lowest BCUT2D eigenvalue weighted by Crippen LogP contribution is -2.22. The molecular weight excluding hydrogens is 352 g/mol. The van der Waals surface area contributed by atoms with Gasteiger partial charge in [0.15, 0.2) is 11.9 Å². The van der Waals surface area contributed by atoms with E-state index in [0.29, 0.717) is 23.6 Å². The number of ether oxygens (including phenoxy) is 2. The monoisotopic (exact) mass is 374 g/mol. The minimum Gasteiger partial charge on any atom is -0.436 e. The van der Waals surface area contributed by atoms with E-state index in [9.17, 15) is 0 Å². The molecule has 2 aromatic carbocycles. The highest BCUT2D eigenvalue weighted by Crippen LogP contribution is 2.27. The summed E-state index contributed by atoms with van der Waals surface area (Å²) in [6.07, 6.45) is 7.23. The predicted octanol–water partition coefficient (Wildman–Crippen LogP) is 5.23. The number of hydrogen-bond donors (Lipinski definition) is 0. The van der Waals surface area contributed by atoms with Crippen LogP contribution in [0, 0.1) is 18.3 Å². The van der Waals surface area contributed by atoms with E-state index in [1.54, 1.807) is 6.07 Å². The molecule has 0 radical (unpaired) electrons. The van der Waals surface area contributed by atoms with Crippen molar-refractivity contribution < 1.29 is 13.9 Å². The molecule has 2 heterocycles. The van der Waals surface area contributed by atoms with E-state index in [1.165, 1.54) is 6.42 Å². The number of fused-ring (bicyclic) bond motifs is 1. The van der Waals surface area contributed by atoms with Crippen LogP contribution >= 0.6 is 0 Å². The Bertz CT molecular complexity index is 1020. The van der Waals surface area contributed by atoms with Crippen LogP contribution < -0.4 is 0 Å². The largest absolute Gasteiger partial charge is 0.436 e. The number of oxazole rings is 1. The van der Waals surface area contributed by atoms with Gasteiger partial charge in [0, 0.05) is 12.2 Å². The summed E-state index contributed by atoms with van der Waals surface area (Å²) in [5, 5.41) is 9.11. The van der Waals surface area contributed by atoms with Crippen molar-refractivity contribution in [1.29, 1.82) is 5.26 Å². The molecule has 1 unspecified atom stereocenters. The minimum atomic E-state index is -0.0649. The third kappa shape index (κ3) is 4.14. The lowest BCUT2D eigenvalue weighted by molar-refractivity contribution is -0.155. The zero-order chi connectivity index (χ0) is 19.3. The Labute approximate surface area is 164 Å². The standard InChI is InChI=1S/C23H22N2O3/c1-16-13-18(15-24)14-20-22(16)28-23(25-20)19-9-7-17(8-10-19)5-4-12-27-21-6-2-3-11-26-21/h4-5,7-10,13-14,21H,2-3,6,11-12H2,1H3. The van der Waals surface area contributed by atoms with E-state index >= 15 is 0 Å². The Morgan fingerprint density at radius 2 is 2.11 bits per heavy atom. The molecule has 0 amide bonds. The summed E-state index contributed by atoms with van der Waals surface area (Å²) < 4.78 is 17.2. The molecule has 0 bridgehead atoms. The summed E-state index contributed by atoms with van der Waals surface area (Å²) in [7, 11) is 0. The van der Waals surface area contributed by atoms with Crippen molar-refractivity contribution in [3.05, 3.63) is 59.2 Å². The second-order valence-corrected chi connectivity index (χ2v) is 6.93. The second kappa shape index (κ2) is 8.39. The lowest BCUT2D eigenvalue weighted by atomic mass is 10.1. The van der Waals surface area contributed by atoms with Gasteiger partial charge in [-0.25, -0.2) is 4.98 Å². The molecule has 0 N–H and O–H groups in total. The molecule has 142 valence electrons. The Hall–Kier alpha value is -2.94. The van der Waals surface area contributed by atoms with Crippen molar-refractivity contribution in [1.82, 2.24) is 4.98 Å². The average Bonchev–Trinajstić information content (AvgIpc) is 3.17. The first-order chi connectivity index (χ1) is 13.7. The van der Waals surface area contributed by atoms with Crippen LogP contribution in [0.25, 0.3) is 28.6 Å². The van der Waals surface area contributed by atoms with Gasteiger partial charge in [0.2, 0.25) is 5.89 Å². The Kier molecular flexibility index (Phi) is 5.52. The summed E-state index contributed by atoms with van der Waals surface area (Å²) in [5.74, 6) is 0.557. The molecule has 1 saturated heterocycles. The van der Waals surface area contributed by atoms with Crippen LogP contribution in [-0.4, -0.2) is 24.5 Å². The van der Waals surface area contributed by atoms with E-state index in [-0.39, 0.29) is 6.29 Å². The number of aryl methyl sites for hydroxylation is 1. The molecule has 1 aliphatic rings. The van der Waals surface area contributed by atoms with E-state index in [1.807, 2.05) is 49.4 Å². The van der Waals surface area contributed by atoms with E-state index in [0.717, 1.165) is 41.7 Å². The summed E-state index contributed by atoms with van der Waals surface area (Å²) in [5.41, 5.74) is 4.91. The van der Waals surface area contributed by atoms with Gasteiger partial charge in [0.25, 0.3) is 0 Å². The van der Waals surface area contributed by atoms with Crippen molar-refractivity contribution in [2.75, 3.05) is 13.2 Å². The van der Waals surface area contributed by atoms with Crippen molar-refractivity contribution in [3.63, 3.8) is 0 Å². The first kappa shape index (κ1) is 18.4. The highest BCUT2D eigenvalue weighted by molar-refractivity contribution is 5.81. The quantitative estimate of drug-likeness (QED) is 0.611. The van der Waals surface area contributed by atoms with Gasteiger partial charge in [-0.15, -0.1) is 0 Å². The fourth-order valence-corrected chi connectivity index (χ4v) is 3.31. The van der Waals surface area contributed by atoms with Gasteiger partial charge in [0.05, 0.1) is 18.2 Å². The molecule has 0 aliphatic carbocycles. The molecule has 3 aromatic rings. The number of aromatic nitrogens is 1. The van der Waals surface area contributed by atoms with Gasteiger partial charge in [-0.3, -0.25) is 0 Å². The van der Waals surface area contributed by atoms with Crippen molar-refractivity contribution in [2.24, 2.45) is 0 Å². The van der Waals surface area contributed by atoms with E-state index < -0.39 is 0 Å². The summed E-state index contributed by atoms with van der Waals surface area (Å²) >= 11 is 0. The maximum atomic E-state index is 9.11. The second-order valence-electron chi connectivity index (χ2n) is 6.93. The van der Waals surface area contributed by atoms with E-state index in [2.05, 4.69) is 11.1 Å². The molecule has 4 rings (SSSR count). The summed E-state index contributed by atoms with van der Waals surface area (Å²) in [4.78, 5) is 4.54. The summed E-state index contributed by atoms with van der Waals surface area (Å²) in [6.45, 7) is 3.26. The van der Waals surface area contributed by atoms with Crippen molar-refractivity contribution in [3.8, 4) is 17.5 Å². The minimum absolute atomic E-state index is 0.0649. The highest BCUT2D eigenvalue weighted by atomic mass is 16.7. The van der Waals surface area contributed by atoms with Crippen LogP contribution in [0.1, 0.15) is 36.0 Å². The fourth-order valence-electron chi connectivity index (χ4n) is 3.31. The van der Waals surface area contributed by atoms with Crippen LogP contribution in [0.2, 0.25) is 0 Å². The molecule has 5 heteroatoms. The molecule has 1 atom stereocenters. The molecule has 5 nitrogen and oxygen atoms in total. The van der Waals surface area contributed by atoms with Crippen LogP contribution in [0.3, 0.4) is 0 Å². The smallest absolute Gasteiger partial charge is 0.227 e. The van der Waals surface area contributed by atoms with E-state index in [4.69, 9.17) is 19.2 Å². The van der Waals surface area contributed by atoms with Crippen molar-refractivity contribution in [2.45, 2.75) is 32.5 Å². The number of nitrogens with zero attached hydrogens (tertiary/aromatic N) is 2. The van der Waals surface area contributed by atoms with Gasteiger partial charge in [-0.1, -0.05) is 24.3 Å². The van der Waals surface area contributed by atoms with Crippen LogP contribution in [-0.2, 0) is 9.47 Å².